The van der Waals surface area contributed by atoms with Crippen LogP contribution in [0.25, 0.3) is 0 Å². The third-order valence-electron chi connectivity index (χ3n) is 4.33. The molecule has 1 aromatic rings. The van der Waals surface area contributed by atoms with E-state index in [4.69, 9.17) is 11.6 Å². The van der Waals surface area contributed by atoms with E-state index in [2.05, 4.69) is 5.10 Å². The normalized spacial score (nSPS) is 19.9. The predicted molar refractivity (Wildman–Crippen MR) is 83.3 cm³/mol. The molecule has 0 bridgehead atoms. The molecule has 1 fully saturated rings. The molecule has 2 unspecified atom stereocenters. The molecule has 0 saturated heterocycles. The van der Waals surface area contributed by atoms with Crippen LogP contribution in [-0.2, 0) is 6.54 Å². The summed E-state index contributed by atoms with van der Waals surface area (Å²) in [6.45, 7) is 1.45. The lowest BCUT2D eigenvalue weighted by Gasteiger charge is -2.30. The van der Waals surface area contributed by atoms with Gasteiger partial charge in [-0.2, -0.15) is 5.10 Å². The topological polar surface area (TPSA) is 61.5 Å². The van der Waals surface area contributed by atoms with Crippen molar-refractivity contribution in [2.45, 2.75) is 50.9 Å². The van der Waals surface area contributed by atoms with Crippen LogP contribution in [0.2, 0.25) is 5.02 Å². The van der Waals surface area contributed by atoms with E-state index in [1.165, 1.54) is 6.42 Å². The second-order valence-corrected chi connectivity index (χ2v) is 6.64. The molecule has 0 radical (unpaired) electrons. The third kappa shape index (κ3) is 4.19. The van der Waals surface area contributed by atoms with E-state index in [1.54, 1.807) is 10.9 Å². The molecule has 1 saturated carbocycles. The molecule has 1 heterocycles. The number of hydrogen-bond donors (Lipinski definition) is 2. The number of aliphatic hydroxyl groups is 2. The molecule has 5 nitrogen and oxygen atoms in total. The Morgan fingerprint density at radius 3 is 2.62 bits per heavy atom. The Kier molecular flexibility index (Phi) is 6.05. The van der Waals surface area contributed by atoms with Crippen LogP contribution in [0.15, 0.2) is 6.20 Å². The highest BCUT2D eigenvalue weighted by atomic mass is 35.5. The van der Waals surface area contributed by atoms with Crippen molar-refractivity contribution in [3.05, 3.63) is 16.9 Å². The molecule has 21 heavy (non-hydrogen) atoms. The lowest BCUT2D eigenvalue weighted by Crippen LogP contribution is -2.31. The van der Waals surface area contributed by atoms with Crippen molar-refractivity contribution in [3.63, 3.8) is 0 Å². The molecule has 120 valence electrons. The van der Waals surface area contributed by atoms with Crippen LogP contribution in [0.5, 0.6) is 0 Å². The van der Waals surface area contributed by atoms with E-state index in [9.17, 15) is 10.2 Å². The van der Waals surface area contributed by atoms with E-state index in [1.807, 2.05) is 19.0 Å². The molecule has 1 aliphatic rings. The molecular formula is C15H26ClN3O2. The SMILES string of the molecule is CN(C)CCn1ncc(Cl)c1C(O)C(O)C1CCCCC1. The maximum Gasteiger partial charge on any atom is 0.123 e. The lowest BCUT2D eigenvalue weighted by molar-refractivity contribution is -0.0326. The van der Waals surface area contributed by atoms with Crippen molar-refractivity contribution in [1.29, 1.82) is 0 Å². The summed E-state index contributed by atoms with van der Waals surface area (Å²) < 4.78 is 1.71. The number of likely N-dealkylation sites (N-methyl/N-ethyl adjacent to an activating group) is 1. The fraction of sp³-hybridized carbons (Fsp3) is 0.800. The molecule has 2 N–H and O–H groups in total. The van der Waals surface area contributed by atoms with Gasteiger partial charge in [-0.15, -0.1) is 0 Å². The first-order valence-electron chi connectivity index (χ1n) is 7.72. The standard InChI is InChI=1S/C15H26ClN3O2/c1-18(2)8-9-19-13(12(16)10-17-19)15(21)14(20)11-6-4-3-5-7-11/h10-11,14-15,20-21H,3-9H2,1-2H3. The summed E-state index contributed by atoms with van der Waals surface area (Å²) in [7, 11) is 3.97. The number of halogens is 1. The van der Waals surface area contributed by atoms with Gasteiger partial charge in [0.15, 0.2) is 0 Å². The zero-order valence-electron chi connectivity index (χ0n) is 12.9. The minimum atomic E-state index is -0.967. The van der Waals surface area contributed by atoms with E-state index >= 15 is 0 Å². The fourth-order valence-corrected chi connectivity index (χ4v) is 3.29. The largest absolute Gasteiger partial charge is 0.390 e. The number of hydrogen-bond acceptors (Lipinski definition) is 4. The van der Waals surface area contributed by atoms with Crippen molar-refractivity contribution >= 4 is 11.6 Å². The summed E-state index contributed by atoms with van der Waals surface area (Å²) in [4.78, 5) is 2.04. The van der Waals surface area contributed by atoms with Gasteiger partial charge in [-0.05, 0) is 32.9 Å². The van der Waals surface area contributed by atoms with Gasteiger partial charge in [-0.25, -0.2) is 0 Å². The molecule has 0 aromatic carbocycles. The van der Waals surface area contributed by atoms with Gasteiger partial charge in [0.1, 0.15) is 6.10 Å². The zero-order valence-corrected chi connectivity index (χ0v) is 13.6. The Hall–Kier alpha value is -0.620. The van der Waals surface area contributed by atoms with E-state index < -0.39 is 12.2 Å². The minimum absolute atomic E-state index is 0.155. The molecule has 6 heteroatoms. The maximum atomic E-state index is 10.5. The van der Waals surface area contributed by atoms with Crippen LogP contribution in [0.3, 0.4) is 0 Å². The molecule has 1 aliphatic carbocycles. The van der Waals surface area contributed by atoms with Crippen LogP contribution in [-0.4, -0.2) is 51.6 Å². The lowest BCUT2D eigenvalue weighted by atomic mass is 9.83. The highest BCUT2D eigenvalue weighted by molar-refractivity contribution is 6.31. The van der Waals surface area contributed by atoms with Gasteiger partial charge in [-0.1, -0.05) is 30.9 Å². The van der Waals surface area contributed by atoms with Crippen LogP contribution in [0, 0.1) is 5.92 Å². The molecular weight excluding hydrogens is 290 g/mol. The average Bonchev–Trinajstić information content (AvgIpc) is 2.85. The Bertz CT molecular complexity index is 444. The van der Waals surface area contributed by atoms with Gasteiger partial charge in [-0.3, -0.25) is 4.68 Å². The summed E-state index contributed by atoms with van der Waals surface area (Å²) >= 11 is 6.17. The summed E-state index contributed by atoms with van der Waals surface area (Å²) in [6.07, 6.45) is 5.24. The molecule has 2 atom stereocenters. The van der Waals surface area contributed by atoms with Crippen molar-refractivity contribution < 1.29 is 10.2 Å². The Balaban J connectivity index is 2.09. The number of aromatic nitrogens is 2. The van der Waals surface area contributed by atoms with Crippen molar-refractivity contribution in [1.82, 2.24) is 14.7 Å². The second-order valence-electron chi connectivity index (χ2n) is 6.24. The third-order valence-corrected chi connectivity index (χ3v) is 4.62. The van der Waals surface area contributed by atoms with E-state index in [-0.39, 0.29) is 5.92 Å². The summed E-state index contributed by atoms with van der Waals surface area (Å²) in [6, 6.07) is 0. The zero-order chi connectivity index (χ0) is 15.4. The van der Waals surface area contributed by atoms with Crippen LogP contribution >= 0.6 is 11.6 Å². The van der Waals surface area contributed by atoms with E-state index in [0.717, 1.165) is 32.2 Å². The summed E-state index contributed by atoms with van der Waals surface area (Å²) in [5, 5.41) is 25.7. The summed E-state index contributed by atoms with van der Waals surface area (Å²) in [5.74, 6) is 0.155. The molecule has 0 amide bonds. The molecule has 1 aromatic heterocycles. The van der Waals surface area contributed by atoms with Gasteiger partial charge >= 0.3 is 0 Å². The van der Waals surface area contributed by atoms with Gasteiger partial charge in [0.05, 0.1) is 29.6 Å². The van der Waals surface area contributed by atoms with Crippen molar-refractivity contribution in [3.8, 4) is 0 Å². The Morgan fingerprint density at radius 2 is 2.00 bits per heavy atom. The van der Waals surface area contributed by atoms with Crippen LogP contribution in [0.1, 0.15) is 43.9 Å². The summed E-state index contributed by atoms with van der Waals surface area (Å²) in [5.41, 5.74) is 0.539. The quantitative estimate of drug-likeness (QED) is 0.843. The average molecular weight is 316 g/mol. The van der Waals surface area contributed by atoms with Gasteiger partial charge in [0.25, 0.3) is 0 Å². The maximum absolute atomic E-state index is 10.5. The van der Waals surface area contributed by atoms with Gasteiger partial charge < -0.3 is 15.1 Å². The van der Waals surface area contributed by atoms with Gasteiger partial charge in [0, 0.05) is 6.54 Å². The Morgan fingerprint density at radius 1 is 1.33 bits per heavy atom. The first-order chi connectivity index (χ1) is 10.0. The van der Waals surface area contributed by atoms with Crippen molar-refractivity contribution in [2.75, 3.05) is 20.6 Å². The first kappa shape index (κ1) is 16.7. The first-order valence-corrected chi connectivity index (χ1v) is 8.10. The number of rotatable bonds is 6. The monoisotopic (exact) mass is 315 g/mol. The highest BCUT2D eigenvalue weighted by Gasteiger charge is 2.32. The molecule has 2 rings (SSSR count). The van der Waals surface area contributed by atoms with Crippen LogP contribution < -0.4 is 0 Å². The number of nitrogens with zero attached hydrogens (tertiary/aromatic N) is 3. The smallest absolute Gasteiger partial charge is 0.123 e. The van der Waals surface area contributed by atoms with Crippen LogP contribution in [0.4, 0.5) is 0 Å². The molecule has 0 spiro atoms. The predicted octanol–water partition coefficient (Wildman–Crippen LogP) is 2.07. The highest BCUT2D eigenvalue weighted by Crippen LogP contribution is 2.34. The van der Waals surface area contributed by atoms with Crippen molar-refractivity contribution in [2.24, 2.45) is 5.92 Å². The van der Waals surface area contributed by atoms with Gasteiger partial charge in [0.2, 0.25) is 0 Å². The number of aliphatic hydroxyl groups excluding tert-OH is 2. The fourth-order valence-electron chi connectivity index (χ4n) is 3.03. The minimum Gasteiger partial charge on any atom is -0.390 e. The second kappa shape index (κ2) is 7.58. The molecule has 0 aliphatic heterocycles. The Labute approximate surface area is 131 Å². The van der Waals surface area contributed by atoms with E-state index in [0.29, 0.717) is 17.3 Å².